The first kappa shape index (κ1) is 18.9. The van der Waals surface area contributed by atoms with Gasteiger partial charge >= 0.3 is 0 Å². The van der Waals surface area contributed by atoms with Crippen LogP contribution in [-0.4, -0.2) is 33.0 Å². The lowest BCUT2D eigenvalue weighted by atomic mass is 9.99. The zero-order valence-corrected chi connectivity index (χ0v) is 16.9. The average Bonchev–Trinajstić information content (AvgIpc) is 3.11. The number of nitrogens with one attached hydrogen (secondary N) is 1. The van der Waals surface area contributed by atoms with Crippen LogP contribution in [0.1, 0.15) is 18.4 Å². The third-order valence-electron chi connectivity index (χ3n) is 4.27. The molecule has 136 valence electrons. The molecule has 2 aromatic rings. The predicted octanol–water partition coefficient (Wildman–Crippen LogP) is 3.95. The SMILES string of the molecule is Cc1cc(S(=O)(=O)NCC2CCCN(c3nccs3)C2)c(Cl)cc1Cl. The lowest BCUT2D eigenvalue weighted by Gasteiger charge is -2.32. The van der Waals surface area contributed by atoms with Crippen LogP contribution in [-0.2, 0) is 10.0 Å². The van der Waals surface area contributed by atoms with Crippen LogP contribution in [0.15, 0.2) is 28.6 Å². The van der Waals surface area contributed by atoms with Gasteiger partial charge in [-0.3, -0.25) is 0 Å². The molecule has 0 saturated carbocycles. The first-order valence-corrected chi connectivity index (χ1v) is 11.1. The molecule has 0 bridgehead atoms. The third kappa shape index (κ3) is 4.46. The summed E-state index contributed by atoms with van der Waals surface area (Å²) < 4.78 is 27.9. The van der Waals surface area contributed by atoms with Gasteiger partial charge in [-0.05, 0) is 43.4 Å². The highest BCUT2D eigenvalue weighted by Gasteiger charge is 2.25. The van der Waals surface area contributed by atoms with E-state index in [4.69, 9.17) is 23.2 Å². The molecule has 5 nitrogen and oxygen atoms in total. The molecule has 3 rings (SSSR count). The lowest BCUT2D eigenvalue weighted by Crippen LogP contribution is -2.41. The van der Waals surface area contributed by atoms with Crippen molar-refractivity contribution in [2.24, 2.45) is 5.92 Å². The van der Waals surface area contributed by atoms with Gasteiger partial charge in [0, 0.05) is 36.2 Å². The van der Waals surface area contributed by atoms with E-state index in [2.05, 4.69) is 14.6 Å². The number of halogens is 2. The number of sulfonamides is 1. The van der Waals surface area contributed by atoms with Crippen molar-refractivity contribution >= 4 is 49.7 Å². The van der Waals surface area contributed by atoms with Crippen LogP contribution in [0.5, 0.6) is 0 Å². The first-order valence-electron chi connectivity index (χ1n) is 7.96. The van der Waals surface area contributed by atoms with Gasteiger partial charge in [0.25, 0.3) is 0 Å². The summed E-state index contributed by atoms with van der Waals surface area (Å²) in [6.07, 6.45) is 3.79. The highest BCUT2D eigenvalue weighted by molar-refractivity contribution is 7.89. The van der Waals surface area contributed by atoms with Gasteiger partial charge < -0.3 is 4.90 Å². The van der Waals surface area contributed by atoms with Crippen LogP contribution < -0.4 is 9.62 Å². The number of thiazole rings is 1. The molecule has 2 heterocycles. The number of aryl methyl sites for hydroxylation is 1. The van der Waals surface area contributed by atoms with E-state index in [-0.39, 0.29) is 15.8 Å². The Balaban J connectivity index is 1.67. The molecule has 1 unspecified atom stereocenters. The molecule has 0 aliphatic carbocycles. The molecule has 1 atom stereocenters. The summed E-state index contributed by atoms with van der Waals surface area (Å²) in [5.74, 6) is 0.236. The van der Waals surface area contributed by atoms with Crippen LogP contribution in [0.2, 0.25) is 10.0 Å². The Kier molecular flexibility index (Phi) is 5.90. The maximum absolute atomic E-state index is 12.6. The Labute approximate surface area is 162 Å². The summed E-state index contributed by atoms with van der Waals surface area (Å²) in [6, 6.07) is 2.98. The number of anilines is 1. The van der Waals surface area contributed by atoms with Crippen molar-refractivity contribution in [3.05, 3.63) is 39.3 Å². The van der Waals surface area contributed by atoms with Crippen molar-refractivity contribution in [1.82, 2.24) is 9.71 Å². The summed E-state index contributed by atoms with van der Waals surface area (Å²) in [5, 5.41) is 3.53. The van der Waals surface area contributed by atoms with E-state index in [1.807, 2.05) is 5.38 Å². The minimum absolute atomic E-state index is 0.0728. The second-order valence-corrected chi connectivity index (χ2v) is 9.58. The second kappa shape index (κ2) is 7.80. The number of hydrogen-bond donors (Lipinski definition) is 1. The van der Waals surface area contributed by atoms with Gasteiger partial charge in [-0.15, -0.1) is 11.3 Å². The summed E-state index contributed by atoms with van der Waals surface area (Å²) in [4.78, 5) is 6.62. The molecule has 0 radical (unpaired) electrons. The molecule has 9 heteroatoms. The van der Waals surface area contributed by atoms with Crippen molar-refractivity contribution in [2.75, 3.05) is 24.5 Å². The largest absolute Gasteiger partial charge is 0.348 e. The van der Waals surface area contributed by atoms with Gasteiger partial charge in [0.1, 0.15) is 4.90 Å². The summed E-state index contributed by atoms with van der Waals surface area (Å²) in [5.41, 5.74) is 0.680. The zero-order valence-electron chi connectivity index (χ0n) is 13.7. The number of hydrogen-bond acceptors (Lipinski definition) is 5. The monoisotopic (exact) mass is 419 g/mol. The van der Waals surface area contributed by atoms with Crippen molar-refractivity contribution in [1.29, 1.82) is 0 Å². The molecular weight excluding hydrogens is 401 g/mol. The van der Waals surface area contributed by atoms with Crippen LogP contribution in [0.4, 0.5) is 5.13 Å². The van der Waals surface area contributed by atoms with Crippen LogP contribution >= 0.6 is 34.5 Å². The molecule has 1 fully saturated rings. The standard InChI is InChI=1S/C16H19Cl2N3O2S2/c1-11-7-15(14(18)8-13(11)17)25(22,23)20-9-12-3-2-5-21(10-12)16-19-4-6-24-16/h4,6-8,12,20H,2-3,5,9-10H2,1H3. The number of piperidine rings is 1. The van der Waals surface area contributed by atoms with E-state index < -0.39 is 10.0 Å². The maximum Gasteiger partial charge on any atom is 0.242 e. The van der Waals surface area contributed by atoms with E-state index in [0.29, 0.717) is 17.1 Å². The van der Waals surface area contributed by atoms with E-state index in [1.54, 1.807) is 24.5 Å². The zero-order chi connectivity index (χ0) is 18.0. The highest BCUT2D eigenvalue weighted by Crippen LogP contribution is 2.29. The van der Waals surface area contributed by atoms with E-state index in [1.165, 1.54) is 12.1 Å². The molecule has 1 aromatic heterocycles. The van der Waals surface area contributed by atoms with Crippen molar-refractivity contribution in [2.45, 2.75) is 24.7 Å². The fourth-order valence-corrected chi connectivity index (χ4v) is 5.55. The van der Waals surface area contributed by atoms with Crippen molar-refractivity contribution < 1.29 is 8.42 Å². The fraction of sp³-hybridized carbons (Fsp3) is 0.438. The molecule has 1 aromatic carbocycles. The van der Waals surface area contributed by atoms with Crippen LogP contribution in [0.25, 0.3) is 0 Å². The number of nitrogens with zero attached hydrogens (tertiary/aromatic N) is 2. The first-order chi connectivity index (χ1) is 11.9. The van der Waals surface area contributed by atoms with Gasteiger partial charge in [0.15, 0.2) is 5.13 Å². The quantitative estimate of drug-likeness (QED) is 0.796. The Morgan fingerprint density at radius 2 is 2.16 bits per heavy atom. The Bertz CT molecular complexity index is 841. The topological polar surface area (TPSA) is 62.3 Å². The van der Waals surface area contributed by atoms with Gasteiger partial charge in [-0.2, -0.15) is 0 Å². The number of rotatable bonds is 5. The van der Waals surface area contributed by atoms with Crippen molar-refractivity contribution in [3.8, 4) is 0 Å². The maximum atomic E-state index is 12.6. The molecule has 0 amide bonds. The Morgan fingerprint density at radius 3 is 2.88 bits per heavy atom. The molecule has 1 aliphatic rings. The average molecular weight is 420 g/mol. The molecule has 1 N–H and O–H groups in total. The summed E-state index contributed by atoms with van der Waals surface area (Å²) >= 11 is 13.7. The van der Waals surface area contributed by atoms with Crippen LogP contribution in [0, 0.1) is 12.8 Å². The smallest absolute Gasteiger partial charge is 0.242 e. The molecule has 25 heavy (non-hydrogen) atoms. The molecule has 0 spiro atoms. The van der Waals surface area contributed by atoms with E-state index in [0.717, 1.165) is 31.1 Å². The summed E-state index contributed by atoms with van der Waals surface area (Å²) in [6.45, 7) is 3.88. The normalized spacial score (nSPS) is 18.5. The predicted molar refractivity (Wildman–Crippen MR) is 103 cm³/mol. The summed E-state index contributed by atoms with van der Waals surface area (Å²) in [7, 11) is -3.67. The van der Waals surface area contributed by atoms with Crippen LogP contribution in [0.3, 0.4) is 0 Å². The lowest BCUT2D eigenvalue weighted by molar-refractivity contribution is 0.410. The Morgan fingerprint density at radius 1 is 1.36 bits per heavy atom. The van der Waals surface area contributed by atoms with E-state index in [9.17, 15) is 8.42 Å². The van der Waals surface area contributed by atoms with E-state index >= 15 is 0 Å². The van der Waals surface area contributed by atoms with Gasteiger partial charge in [0.05, 0.1) is 5.02 Å². The minimum Gasteiger partial charge on any atom is -0.348 e. The fourth-order valence-electron chi connectivity index (χ4n) is 2.92. The second-order valence-electron chi connectivity index (χ2n) is 6.15. The minimum atomic E-state index is -3.67. The van der Waals surface area contributed by atoms with Gasteiger partial charge in [-0.25, -0.2) is 18.1 Å². The highest BCUT2D eigenvalue weighted by atomic mass is 35.5. The third-order valence-corrected chi connectivity index (χ3v) is 7.40. The molecule has 1 aliphatic heterocycles. The Hall–Kier alpha value is -0.860. The van der Waals surface area contributed by atoms with Gasteiger partial charge in [0.2, 0.25) is 10.0 Å². The number of aromatic nitrogens is 1. The molecule has 1 saturated heterocycles. The molecular formula is C16H19Cl2N3O2S2. The van der Waals surface area contributed by atoms with Crippen molar-refractivity contribution in [3.63, 3.8) is 0 Å². The van der Waals surface area contributed by atoms with Gasteiger partial charge in [-0.1, -0.05) is 23.2 Å². The number of benzene rings is 1.